The predicted octanol–water partition coefficient (Wildman–Crippen LogP) is 18.5. The number of ether oxygens (including phenoxy) is 4. The molecule has 8 aromatic rings. The Kier molecular flexibility index (Phi) is 22.9. The van der Waals surface area contributed by atoms with E-state index >= 15 is 0 Å². The molecule has 0 N–H and O–H groups in total. The molecule has 0 spiro atoms. The van der Waals surface area contributed by atoms with Crippen LogP contribution >= 0.6 is 17.0 Å². The molecule has 8 aromatic carbocycles. The van der Waals surface area contributed by atoms with Crippen LogP contribution in [-0.4, -0.2) is 46.0 Å². The van der Waals surface area contributed by atoms with E-state index in [1.165, 1.54) is 111 Å². The molecule has 8 unspecified atom stereocenters. The van der Waals surface area contributed by atoms with E-state index in [1.54, 1.807) is 49.2 Å². The van der Waals surface area contributed by atoms with Crippen molar-refractivity contribution in [2.24, 2.45) is 0 Å². The van der Waals surface area contributed by atoms with Gasteiger partial charge in [0.05, 0.1) is 24.4 Å². The van der Waals surface area contributed by atoms with Gasteiger partial charge in [0.25, 0.3) is 0 Å². The van der Waals surface area contributed by atoms with E-state index in [0.717, 1.165) is 0 Å². The number of rotatable bonds is 16. The number of halogens is 2. The van der Waals surface area contributed by atoms with Gasteiger partial charge in [0, 0.05) is 46.0 Å². The van der Waals surface area contributed by atoms with Crippen molar-refractivity contribution in [3.05, 3.63) is 306 Å². The first-order valence-electron chi connectivity index (χ1n) is 32.1. The minimum absolute atomic E-state index is 0.0936. The summed E-state index contributed by atoms with van der Waals surface area (Å²) in [5.41, 5.74) is 27.2. The van der Waals surface area contributed by atoms with Gasteiger partial charge < -0.3 is 18.9 Å². The molecule has 0 radical (unpaired) electrons. The summed E-state index contributed by atoms with van der Waals surface area (Å²) in [6, 6.07) is 45.8. The molecule has 0 heterocycles. The van der Waals surface area contributed by atoms with E-state index < -0.39 is 38.4 Å². The molecule has 91 heavy (non-hydrogen) atoms. The predicted molar refractivity (Wildman–Crippen MR) is 391 cm³/mol. The maximum absolute atomic E-state index is 5.55. The van der Waals surface area contributed by atoms with Crippen LogP contribution in [-0.2, 0) is 39.8 Å². The Bertz CT molecular complexity index is 3520. The normalized spacial score (nSPS) is 18.8. The average Bonchev–Trinajstić information content (AvgIpc) is 1.63. The summed E-state index contributed by atoms with van der Waals surface area (Å²) in [5.74, 6) is 0.929. The van der Waals surface area contributed by atoms with Gasteiger partial charge >= 0.3 is 37.9 Å². The molecule has 470 valence electrons. The van der Waals surface area contributed by atoms with Gasteiger partial charge in [-0.3, -0.25) is 0 Å². The van der Waals surface area contributed by atoms with Gasteiger partial charge in [0.2, 0.25) is 0 Å². The Morgan fingerprint density at radius 2 is 0.527 bits per heavy atom. The van der Waals surface area contributed by atoms with Crippen molar-refractivity contribution >= 4 is 79.7 Å². The quantitative estimate of drug-likeness (QED) is 0.0714. The van der Waals surface area contributed by atoms with E-state index in [-0.39, 0.29) is 48.1 Å². The summed E-state index contributed by atoms with van der Waals surface area (Å²) in [5, 5.41) is 6.30. The molecule has 0 aliphatic heterocycles. The SMILES string of the molecule is COC(C)c1ccc(C2C=CC=Cc3c2cc(C)[c-]3[SiH](C)[c-]2c(C)cc3c2C=CC=CC3c2ccc(C(C)OC)cc2)cc1.COC(C)c1ccc(C2C=CC=Cc3c2cc(C)[c-]3[SiH](C)[c-]2c(C)cc3c2C=CC=CC3c2ccc(C(C)OC)cc2)cc1.[Cl][Zr][Cl]. The van der Waals surface area contributed by atoms with Crippen molar-refractivity contribution in [2.75, 3.05) is 28.4 Å². The van der Waals surface area contributed by atoms with Gasteiger partial charge in [-0.1, -0.05) is 186 Å². The van der Waals surface area contributed by atoms with Gasteiger partial charge in [-0.2, -0.15) is 68.8 Å². The number of methoxy groups -OCH3 is 4. The van der Waals surface area contributed by atoms with Crippen LogP contribution in [0.15, 0.2) is 194 Å². The summed E-state index contributed by atoms with van der Waals surface area (Å²) in [6.07, 6.45) is 37.0. The van der Waals surface area contributed by atoms with Gasteiger partial charge in [-0.25, -0.2) is 0 Å². The van der Waals surface area contributed by atoms with Crippen LogP contribution < -0.4 is 20.7 Å². The fourth-order valence-corrected chi connectivity index (χ4v) is 21.3. The minimum atomic E-state index is -1.56. The zero-order valence-electron chi connectivity index (χ0n) is 55.4. The zero-order chi connectivity index (χ0) is 64.6. The van der Waals surface area contributed by atoms with Crippen molar-refractivity contribution < 1.29 is 39.8 Å². The van der Waals surface area contributed by atoms with E-state index in [9.17, 15) is 0 Å². The molecule has 4 nitrogen and oxygen atoms in total. The summed E-state index contributed by atoms with van der Waals surface area (Å²) >= 11 is -0.826. The number of hydrogen-bond acceptors (Lipinski definition) is 4. The second-order valence-corrected chi connectivity index (χ2v) is 33.9. The Balaban J connectivity index is 0.000000192. The fraction of sp³-hybridized carbons (Fsp3) is 0.268. The monoisotopic (exact) mass is 1350 g/mol. The maximum atomic E-state index is 5.55. The average molecular weight is 1360 g/mol. The van der Waals surface area contributed by atoms with Crippen molar-refractivity contribution in [1.29, 1.82) is 0 Å². The van der Waals surface area contributed by atoms with Crippen LogP contribution in [0.2, 0.25) is 13.1 Å². The van der Waals surface area contributed by atoms with E-state index in [2.05, 4.69) is 287 Å². The number of hydrogen-bond donors (Lipinski definition) is 0. The molecule has 0 saturated heterocycles. The third-order valence-electron chi connectivity index (χ3n) is 19.8. The molecule has 8 atom stereocenters. The zero-order valence-corrected chi connectivity index (χ0v) is 61.7. The van der Waals surface area contributed by atoms with Crippen LogP contribution in [0.3, 0.4) is 0 Å². The molecule has 0 amide bonds. The van der Waals surface area contributed by atoms with Gasteiger partial charge in [-0.05, 0) is 95.9 Å². The molecule has 0 fully saturated rings. The molecule has 12 rings (SSSR count). The van der Waals surface area contributed by atoms with E-state index in [1.807, 2.05) is 0 Å². The fourth-order valence-electron chi connectivity index (χ4n) is 14.7. The van der Waals surface area contributed by atoms with Crippen molar-refractivity contribution in [3.8, 4) is 0 Å². The summed E-state index contributed by atoms with van der Waals surface area (Å²) in [4.78, 5) is 0. The van der Waals surface area contributed by atoms with E-state index in [4.69, 9.17) is 36.0 Å². The topological polar surface area (TPSA) is 36.9 Å². The molecule has 0 bridgehead atoms. The van der Waals surface area contributed by atoms with Crippen molar-refractivity contribution in [2.45, 2.75) is 117 Å². The van der Waals surface area contributed by atoms with Crippen LogP contribution in [0.4, 0.5) is 0 Å². The second kappa shape index (κ2) is 30.8. The Morgan fingerprint density at radius 3 is 0.703 bits per heavy atom. The molecule has 4 aliphatic carbocycles. The third kappa shape index (κ3) is 14.4. The van der Waals surface area contributed by atoms with Crippen LogP contribution in [0.25, 0.3) is 24.3 Å². The molecular weight excluding hydrogens is 1270 g/mol. The Labute approximate surface area is 565 Å². The van der Waals surface area contributed by atoms with E-state index in [0.29, 0.717) is 0 Å². The Hall–Kier alpha value is -6.06. The van der Waals surface area contributed by atoms with Crippen LogP contribution in [0, 0.1) is 27.7 Å². The molecular formula is C82H88Cl2O4Si2Zr-4. The second-order valence-electron chi connectivity index (χ2n) is 25.0. The summed E-state index contributed by atoms with van der Waals surface area (Å²) in [7, 11) is 13.8. The van der Waals surface area contributed by atoms with Crippen LogP contribution in [0.1, 0.15) is 187 Å². The van der Waals surface area contributed by atoms with Gasteiger partial charge in [0.1, 0.15) is 0 Å². The van der Waals surface area contributed by atoms with Crippen molar-refractivity contribution in [3.63, 3.8) is 0 Å². The molecule has 9 heteroatoms. The number of benzene rings is 4. The molecule has 0 saturated carbocycles. The number of fused-ring (bicyclic) bond motifs is 4. The molecule has 0 aromatic heterocycles. The third-order valence-corrected chi connectivity index (χ3v) is 26.4. The number of allylic oxidation sites excluding steroid dienone is 12. The summed E-state index contributed by atoms with van der Waals surface area (Å²) < 4.78 is 22.2. The first-order valence-corrected chi connectivity index (χ1v) is 43.1. The van der Waals surface area contributed by atoms with Gasteiger partial charge in [-0.15, -0.1) is 91.6 Å². The van der Waals surface area contributed by atoms with Crippen LogP contribution in [0.5, 0.6) is 0 Å². The summed E-state index contributed by atoms with van der Waals surface area (Å²) in [6.45, 7) is 22.8. The Morgan fingerprint density at radius 1 is 0.341 bits per heavy atom. The van der Waals surface area contributed by atoms with Crippen molar-refractivity contribution in [1.82, 2.24) is 0 Å². The first kappa shape index (κ1) is 67.8. The number of aryl methyl sites for hydroxylation is 4. The molecule has 4 aliphatic rings. The standard InChI is InChI=1S/2C41H44O2Si.2ClH.Zr/c2*1-26-24-38-34(32-20-16-30(17-21-32)28(3)42-5)12-8-10-14-36(38)40(26)44(7)41-27(2)25-39-35(13-9-11-15-37(39)41)33-22-18-31(19-23-33)29(4)43-6;;;/h2*8-25,28-29,34-35,44H,1-7H3;2*1H;/q2*-2;;;+2/p-2. The van der Waals surface area contributed by atoms with Gasteiger partial charge in [0.15, 0.2) is 0 Å². The first-order chi connectivity index (χ1) is 44.0.